The lowest BCUT2D eigenvalue weighted by molar-refractivity contribution is -0.122. The van der Waals surface area contributed by atoms with Crippen molar-refractivity contribution in [3.63, 3.8) is 0 Å². The Morgan fingerprint density at radius 3 is 2.89 bits per heavy atom. The molecule has 0 aromatic carbocycles. The number of carbonyl (C=O) groups is 1. The normalized spacial score (nSPS) is 22.7. The van der Waals surface area contributed by atoms with Gasteiger partial charge in [-0.2, -0.15) is 11.8 Å². The van der Waals surface area contributed by atoms with Crippen molar-refractivity contribution in [1.29, 1.82) is 0 Å². The number of halogens is 1. The lowest BCUT2D eigenvalue weighted by Crippen LogP contribution is -2.43. The van der Waals surface area contributed by atoms with Crippen molar-refractivity contribution in [3.8, 4) is 0 Å². The highest BCUT2D eigenvalue weighted by Gasteiger charge is 2.18. The Morgan fingerprint density at radius 1 is 1.61 bits per heavy atom. The summed E-state index contributed by atoms with van der Waals surface area (Å²) in [6.07, 6.45) is 1.01. The van der Waals surface area contributed by atoms with Gasteiger partial charge < -0.3 is 15.7 Å². The van der Waals surface area contributed by atoms with E-state index in [1.54, 1.807) is 0 Å². The van der Waals surface area contributed by atoms with Crippen LogP contribution < -0.4 is 10.6 Å². The Labute approximate surface area is 120 Å². The number of aliphatic hydroxyl groups is 1. The zero-order valence-electron chi connectivity index (χ0n) is 11.1. The second-order valence-electron chi connectivity index (χ2n) is 4.69. The first-order valence-electron chi connectivity index (χ1n) is 6.39. The lowest BCUT2D eigenvalue weighted by atomic mass is 10.0. The summed E-state index contributed by atoms with van der Waals surface area (Å²) in [7, 11) is 0. The monoisotopic (exact) mass is 296 g/mol. The predicted octanol–water partition coefficient (Wildman–Crippen LogP) is 1.03. The van der Waals surface area contributed by atoms with E-state index < -0.39 is 6.10 Å². The first-order valence-corrected chi connectivity index (χ1v) is 7.54. The fraction of sp³-hybridized carbons (Fsp3) is 0.917. The van der Waals surface area contributed by atoms with Gasteiger partial charge in [0, 0.05) is 37.1 Å². The van der Waals surface area contributed by atoms with E-state index in [2.05, 4.69) is 10.6 Å². The average Bonchev–Trinajstić information content (AvgIpc) is 2.36. The van der Waals surface area contributed by atoms with E-state index >= 15 is 0 Å². The molecule has 0 aromatic rings. The number of hydrogen-bond donors (Lipinski definition) is 3. The quantitative estimate of drug-likeness (QED) is 0.685. The number of nitrogens with one attached hydrogen (secondary N) is 2. The molecule has 1 saturated heterocycles. The molecule has 18 heavy (non-hydrogen) atoms. The van der Waals surface area contributed by atoms with Gasteiger partial charge >= 0.3 is 0 Å². The van der Waals surface area contributed by atoms with E-state index in [1.165, 1.54) is 0 Å². The fourth-order valence-electron chi connectivity index (χ4n) is 1.74. The summed E-state index contributed by atoms with van der Waals surface area (Å²) in [5.41, 5.74) is 0. The number of hydrogen-bond acceptors (Lipinski definition) is 4. The minimum absolute atomic E-state index is 0. The van der Waals surface area contributed by atoms with Crippen LogP contribution in [0.25, 0.3) is 0 Å². The number of amides is 1. The summed E-state index contributed by atoms with van der Waals surface area (Å²) in [5.74, 6) is 2.40. The molecule has 3 N–H and O–H groups in total. The van der Waals surface area contributed by atoms with E-state index in [1.807, 2.05) is 25.6 Å². The van der Waals surface area contributed by atoms with Crippen LogP contribution in [-0.2, 0) is 4.79 Å². The van der Waals surface area contributed by atoms with Gasteiger partial charge in [0.05, 0.1) is 6.10 Å². The third-order valence-corrected chi connectivity index (χ3v) is 4.37. The molecule has 1 amide bonds. The Balaban J connectivity index is 0.00000289. The largest absolute Gasteiger partial charge is 0.391 e. The standard InChI is InChI=1S/C12H24N2O2S.ClH/c1-3-9(2)11(15)7-14-12(16)6-10-8-17-5-4-13-10;/h9-11,13,15H,3-8H2,1-2H3,(H,14,16);1H. The molecule has 1 fully saturated rings. The number of rotatable bonds is 6. The van der Waals surface area contributed by atoms with Gasteiger partial charge in [0.2, 0.25) is 5.91 Å². The topological polar surface area (TPSA) is 61.4 Å². The minimum atomic E-state index is -0.433. The van der Waals surface area contributed by atoms with Crippen LogP contribution in [0.4, 0.5) is 0 Å². The van der Waals surface area contributed by atoms with Crippen molar-refractivity contribution < 1.29 is 9.90 Å². The minimum Gasteiger partial charge on any atom is -0.391 e. The third kappa shape index (κ3) is 6.83. The molecule has 1 aliphatic heterocycles. The van der Waals surface area contributed by atoms with Crippen molar-refractivity contribution in [2.45, 2.75) is 38.8 Å². The molecule has 3 unspecified atom stereocenters. The summed E-state index contributed by atoms with van der Waals surface area (Å²) in [6, 6.07) is 0.287. The van der Waals surface area contributed by atoms with Gasteiger partial charge in [0.25, 0.3) is 0 Å². The molecule has 0 bridgehead atoms. The van der Waals surface area contributed by atoms with Crippen molar-refractivity contribution in [1.82, 2.24) is 10.6 Å². The molecular formula is C12H25ClN2O2S. The van der Waals surface area contributed by atoms with Crippen LogP contribution in [0.3, 0.4) is 0 Å². The molecule has 0 aromatic heterocycles. The van der Waals surface area contributed by atoms with Gasteiger partial charge in [-0.05, 0) is 5.92 Å². The molecule has 0 radical (unpaired) electrons. The number of thioether (sulfide) groups is 1. The van der Waals surface area contributed by atoms with Crippen molar-refractivity contribution in [3.05, 3.63) is 0 Å². The molecule has 4 nitrogen and oxygen atoms in total. The average molecular weight is 297 g/mol. The maximum absolute atomic E-state index is 11.7. The van der Waals surface area contributed by atoms with Crippen LogP contribution >= 0.6 is 24.2 Å². The summed E-state index contributed by atoms with van der Waals surface area (Å²) in [5, 5.41) is 15.9. The molecule has 1 aliphatic rings. The maximum Gasteiger partial charge on any atom is 0.221 e. The zero-order chi connectivity index (χ0) is 12.7. The SMILES string of the molecule is CCC(C)C(O)CNC(=O)CC1CSCCN1.Cl. The van der Waals surface area contributed by atoms with Crippen molar-refractivity contribution in [2.75, 3.05) is 24.6 Å². The second kappa shape index (κ2) is 9.89. The van der Waals surface area contributed by atoms with Crippen LogP contribution in [0.2, 0.25) is 0 Å². The van der Waals surface area contributed by atoms with Crippen LogP contribution in [0.5, 0.6) is 0 Å². The van der Waals surface area contributed by atoms with Gasteiger partial charge in [-0.25, -0.2) is 0 Å². The first kappa shape index (κ1) is 18.0. The number of carbonyl (C=O) groups excluding carboxylic acids is 1. The van der Waals surface area contributed by atoms with Gasteiger partial charge in [-0.3, -0.25) is 4.79 Å². The zero-order valence-corrected chi connectivity index (χ0v) is 12.8. The first-order chi connectivity index (χ1) is 8.13. The fourth-order valence-corrected chi connectivity index (χ4v) is 2.69. The molecule has 3 atom stereocenters. The third-order valence-electron chi connectivity index (χ3n) is 3.24. The van der Waals surface area contributed by atoms with E-state index in [0.29, 0.717) is 13.0 Å². The molecule has 1 heterocycles. The molecule has 0 saturated carbocycles. The summed E-state index contributed by atoms with van der Waals surface area (Å²) >= 11 is 1.89. The van der Waals surface area contributed by atoms with Crippen molar-refractivity contribution >= 4 is 30.1 Å². The highest BCUT2D eigenvalue weighted by molar-refractivity contribution is 7.99. The van der Waals surface area contributed by atoms with E-state index in [9.17, 15) is 9.90 Å². The Bertz CT molecular complexity index is 238. The van der Waals surface area contributed by atoms with E-state index in [-0.39, 0.29) is 30.3 Å². The maximum atomic E-state index is 11.7. The van der Waals surface area contributed by atoms with Gasteiger partial charge in [-0.15, -0.1) is 12.4 Å². The number of aliphatic hydroxyl groups excluding tert-OH is 1. The van der Waals surface area contributed by atoms with E-state index in [0.717, 1.165) is 24.5 Å². The van der Waals surface area contributed by atoms with Crippen molar-refractivity contribution in [2.24, 2.45) is 5.92 Å². The lowest BCUT2D eigenvalue weighted by Gasteiger charge is -2.23. The van der Waals surface area contributed by atoms with Crippen LogP contribution in [0, 0.1) is 5.92 Å². The van der Waals surface area contributed by atoms with Crippen LogP contribution in [0.15, 0.2) is 0 Å². The van der Waals surface area contributed by atoms with Gasteiger partial charge in [0.1, 0.15) is 0 Å². The highest BCUT2D eigenvalue weighted by Crippen LogP contribution is 2.10. The smallest absolute Gasteiger partial charge is 0.221 e. The highest BCUT2D eigenvalue weighted by atomic mass is 35.5. The molecule has 0 spiro atoms. The Morgan fingerprint density at radius 2 is 2.33 bits per heavy atom. The summed E-state index contributed by atoms with van der Waals surface area (Å²) in [6.45, 7) is 5.39. The van der Waals surface area contributed by atoms with Gasteiger partial charge in [0.15, 0.2) is 0 Å². The van der Waals surface area contributed by atoms with E-state index in [4.69, 9.17) is 0 Å². The summed E-state index contributed by atoms with van der Waals surface area (Å²) < 4.78 is 0. The van der Waals surface area contributed by atoms with Crippen LogP contribution in [-0.4, -0.2) is 47.8 Å². The molecular weight excluding hydrogens is 272 g/mol. The Hall–Kier alpha value is 0.0300. The summed E-state index contributed by atoms with van der Waals surface area (Å²) in [4.78, 5) is 11.7. The second-order valence-corrected chi connectivity index (χ2v) is 5.84. The Kier molecular flexibility index (Phi) is 9.91. The van der Waals surface area contributed by atoms with Gasteiger partial charge in [-0.1, -0.05) is 20.3 Å². The predicted molar refractivity (Wildman–Crippen MR) is 79.5 cm³/mol. The molecule has 1 rings (SSSR count). The van der Waals surface area contributed by atoms with Crippen LogP contribution in [0.1, 0.15) is 26.7 Å². The molecule has 0 aliphatic carbocycles. The molecule has 108 valence electrons. The molecule has 6 heteroatoms.